The smallest absolute Gasteiger partial charge is 0.0160 e. The molecular formula is C13H27NS. The van der Waals surface area contributed by atoms with Crippen molar-refractivity contribution in [3.05, 3.63) is 0 Å². The summed E-state index contributed by atoms with van der Waals surface area (Å²) in [6.45, 7) is 5.71. The lowest BCUT2D eigenvalue weighted by Gasteiger charge is -2.21. The Hall–Kier alpha value is 0.310. The van der Waals surface area contributed by atoms with E-state index in [1.807, 2.05) is 0 Å². The van der Waals surface area contributed by atoms with Crippen LogP contribution in [0.15, 0.2) is 0 Å². The van der Waals surface area contributed by atoms with Crippen molar-refractivity contribution in [3.8, 4) is 0 Å². The van der Waals surface area contributed by atoms with Crippen LogP contribution in [0.2, 0.25) is 0 Å². The highest BCUT2D eigenvalue weighted by atomic mass is 32.2. The number of hydrogen-bond donors (Lipinski definition) is 1. The molecule has 0 saturated heterocycles. The summed E-state index contributed by atoms with van der Waals surface area (Å²) in [7, 11) is 0. The van der Waals surface area contributed by atoms with Crippen molar-refractivity contribution < 1.29 is 0 Å². The summed E-state index contributed by atoms with van der Waals surface area (Å²) in [5.74, 6) is 3.60. The molecule has 0 amide bonds. The van der Waals surface area contributed by atoms with Gasteiger partial charge >= 0.3 is 0 Å². The first-order valence-electron chi connectivity index (χ1n) is 6.68. The van der Waals surface area contributed by atoms with Gasteiger partial charge in [-0.05, 0) is 31.1 Å². The van der Waals surface area contributed by atoms with Crippen LogP contribution in [0.3, 0.4) is 0 Å². The molecule has 0 aliphatic heterocycles. The van der Waals surface area contributed by atoms with Gasteiger partial charge in [0.1, 0.15) is 0 Å². The van der Waals surface area contributed by atoms with Crippen LogP contribution in [0.4, 0.5) is 0 Å². The minimum Gasteiger partial charge on any atom is -0.313 e. The normalized spacial score (nSPS) is 19.6. The fraction of sp³-hybridized carbons (Fsp3) is 1.00. The second kappa shape index (κ2) is 8.46. The Bertz CT molecular complexity index is 135. The maximum atomic E-state index is 3.71. The van der Waals surface area contributed by atoms with Gasteiger partial charge in [-0.3, -0.25) is 0 Å². The molecule has 1 aliphatic carbocycles. The molecule has 0 radical (unpaired) electrons. The highest BCUT2D eigenvalue weighted by Crippen LogP contribution is 2.29. The van der Waals surface area contributed by atoms with Crippen molar-refractivity contribution in [1.29, 1.82) is 0 Å². The zero-order valence-corrected chi connectivity index (χ0v) is 11.2. The van der Waals surface area contributed by atoms with E-state index in [1.54, 1.807) is 0 Å². The van der Waals surface area contributed by atoms with Crippen LogP contribution in [0.5, 0.6) is 0 Å². The van der Waals surface area contributed by atoms with Crippen LogP contribution < -0.4 is 5.32 Å². The molecule has 0 aromatic rings. The SMILES string of the molecule is CCCNC(CSCC)CC1CCCC1. The van der Waals surface area contributed by atoms with E-state index < -0.39 is 0 Å². The van der Waals surface area contributed by atoms with Gasteiger partial charge in [-0.1, -0.05) is 39.5 Å². The fourth-order valence-corrected chi connectivity index (χ4v) is 3.24. The highest BCUT2D eigenvalue weighted by Gasteiger charge is 2.19. The Morgan fingerprint density at radius 2 is 2.00 bits per heavy atom. The van der Waals surface area contributed by atoms with E-state index in [2.05, 4.69) is 30.9 Å². The number of hydrogen-bond acceptors (Lipinski definition) is 2. The summed E-state index contributed by atoms with van der Waals surface area (Å²) < 4.78 is 0. The van der Waals surface area contributed by atoms with Crippen LogP contribution in [0.25, 0.3) is 0 Å². The molecule has 0 spiro atoms. The number of thioether (sulfide) groups is 1. The molecule has 0 bridgehead atoms. The highest BCUT2D eigenvalue weighted by molar-refractivity contribution is 7.99. The van der Waals surface area contributed by atoms with Gasteiger partial charge in [0.05, 0.1) is 0 Å². The zero-order chi connectivity index (χ0) is 10.9. The van der Waals surface area contributed by atoms with E-state index in [1.165, 1.54) is 56.6 Å². The third-order valence-corrected chi connectivity index (χ3v) is 4.35. The van der Waals surface area contributed by atoms with Gasteiger partial charge in [-0.25, -0.2) is 0 Å². The third-order valence-electron chi connectivity index (χ3n) is 3.30. The quantitative estimate of drug-likeness (QED) is 0.681. The van der Waals surface area contributed by atoms with Crippen LogP contribution in [0.1, 0.15) is 52.4 Å². The van der Waals surface area contributed by atoms with Crippen molar-refractivity contribution in [2.45, 2.75) is 58.4 Å². The zero-order valence-electron chi connectivity index (χ0n) is 10.4. The first kappa shape index (κ1) is 13.4. The molecule has 15 heavy (non-hydrogen) atoms. The van der Waals surface area contributed by atoms with Crippen molar-refractivity contribution in [2.24, 2.45) is 5.92 Å². The van der Waals surface area contributed by atoms with Crippen LogP contribution in [0, 0.1) is 5.92 Å². The Morgan fingerprint density at radius 1 is 1.27 bits per heavy atom. The van der Waals surface area contributed by atoms with Gasteiger partial charge in [0.15, 0.2) is 0 Å². The van der Waals surface area contributed by atoms with Crippen LogP contribution >= 0.6 is 11.8 Å². The minimum atomic E-state index is 0.776. The lowest BCUT2D eigenvalue weighted by Crippen LogP contribution is -2.33. The van der Waals surface area contributed by atoms with Gasteiger partial charge in [0.25, 0.3) is 0 Å². The molecule has 1 fully saturated rings. The molecule has 0 aromatic carbocycles. The lowest BCUT2D eigenvalue weighted by atomic mass is 9.99. The third kappa shape index (κ3) is 5.82. The second-order valence-electron chi connectivity index (χ2n) is 4.70. The fourth-order valence-electron chi connectivity index (χ4n) is 2.47. The topological polar surface area (TPSA) is 12.0 Å². The van der Waals surface area contributed by atoms with Crippen molar-refractivity contribution in [1.82, 2.24) is 5.32 Å². The largest absolute Gasteiger partial charge is 0.313 e. The number of nitrogens with one attached hydrogen (secondary N) is 1. The van der Waals surface area contributed by atoms with Gasteiger partial charge < -0.3 is 5.32 Å². The van der Waals surface area contributed by atoms with E-state index in [-0.39, 0.29) is 0 Å². The van der Waals surface area contributed by atoms with Gasteiger partial charge in [0.2, 0.25) is 0 Å². The maximum Gasteiger partial charge on any atom is 0.0160 e. The molecule has 90 valence electrons. The monoisotopic (exact) mass is 229 g/mol. The Balaban J connectivity index is 2.19. The maximum absolute atomic E-state index is 3.71. The summed E-state index contributed by atoms with van der Waals surface area (Å²) in [6.07, 6.45) is 8.62. The van der Waals surface area contributed by atoms with Crippen molar-refractivity contribution >= 4 is 11.8 Å². The lowest BCUT2D eigenvalue weighted by molar-refractivity contribution is 0.410. The molecule has 1 aliphatic rings. The predicted molar refractivity (Wildman–Crippen MR) is 71.7 cm³/mol. The van der Waals surface area contributed by atoms with E-state index in [0.717, 1.165) is 12.0 Å². The molecule has 0 heterocycles. The predicted octanol–water partition coefficient (Wildman–Crippen LogP) is 3.69. The molecule has 1 atom stereocenters. The van der Waals surface area contributed by atoms with Gasteiger partial charge in [0, 0.05) is 11.8 Å². The van der Waals surface area contributed by atoms with Crippen molar-refractivity contribution in [2.75, 3.05) is 18.1 Å². The number of rotatable bonds is 8. The van der Waals surface area contributed by atoms with E-state index >= 15 is 0 Å². The van der Waals surface area contributed by atoms with E-state index in [4.69, 9.17) is 0 Å². The van der Waals surface area contributed by atoms with Gasteiger partial charge in [-0.2, -0.15) is 11.8 Å². The van der Waals surface area contributed by atoms with Crippen LogP contribution in [-0.4, -0.2) is 24.1 Å². The minimum absolute atomic E-state index is 0.776. The standard InChI is InChI=1S/C13H27NS/c1-3-9-14-13(11-15-4-2)10-12-7-5-6-8-12/h12-14H,3-11H2,1-2H3. The summed E-state index contributed by atoms with van der Waals surface area (Å²) in [4.78, 5) is 0. The molecule has 0 aromatic heterocycles. The van der Waals surface area contributed by atoms with E-state index in [0.29, 0.717) is 0 Å². The Labute approximate surface area is 99.8 Å². The average molecular weight is 229 g/mol. The summed E-state index contributed by atoms with van der Waals surface area (Å²) >= 11 is 2.09. The van der Waals surface area contributed by atoms with Crippen molar-refractivity contribution in [3.63, 3.8) is 0 Å². The molecule has 2 heteroatoms. The molecule has 1 unspecified atom stereocenters. The molecular weight excluding hydrogens is 202 g/mol. The average Bonchev–Trinajstić information content (AvgIpc) is 2.74. The van der Waals surface area contributed by atoms with Gasteiger partial charge in [-0.15, -0.1) is 0 Å². The van der Waals surface area contributed by atoms with Crippen LogP contribution in [-0.2, 0) is 0 Å². The van der Waals surface area contributed by atoms with E-state index in [9.17, 15) is 0 Å². The Morgan fingerprint density at radius 3 is 2.60 bits per heavy atom. The first-order valence-corrected chi connectivity index (χ1v) is 7.83. The molecule has 1 nitrogen and oxygen atoms in total. The Kier molecular flexibility index (Phi) is 7.54. The summed E-state index contributed by atoms with van der Waals surface area (Å²) in [6, 6.07) is 0.776. The first-order chi connectivity index (χ1) is 7.36. The summed E-state index contributed by atoms with van der Waals surface area (Å²) in [5, 5.41) is 3.71. The molecule has 1 rings (SSSR count). The second-order valence-corrected chi connectivity index (χ2v) is 6.02. The summed E-state index contributed by atoms with van der Waals surface area (Å²) in [5.41, 5.74) is 0. The molecule has 1 saturated carbocycles. The molecule has 1 N–H and O–H groups in total.